The Balaban J connectivity index is 2.29. The summed E-state index contributed by atoms with van der Waals surface area (Å²) in [6, 6.07) is 8.25. The minimum Gasteiger partial charge on any atom is -0.369 e. The molecule has 98 valence electrons. The highest BCUT2D eigenvalue weighted by Gasteiger charge is 2.12. The summed E-state index contributed by atoms with van der Waals surface area (Å²) in [7, 11) is 3.89. The van der Waals surface area contributed by atoms with Crippen LogP contribution in [0.4, 0.5) is 5.69 Å². The lowest BCUT2D eigenvalue weighted by Crippen LogP contribution is -2.17. The number of benzene rings is 1. The van der Waals surface area contributed by atoms with Gasteiger partial charge in [-0.25, -0.2) is 0 Å². The van der Waals surface area contributed by atoms with Crippen molar-refractivity contribution in [3.63, 3.8) is 0 Å². The van der Waals surface area contributed by atoms with E-state index in [4.69, 9.17) is 0 Å². The van der Waals surface area contributed by atoms with Crippen LogP contribution in [-0.2, 0) is 13.6 Å². The molecule has 0 unspecified atom stereocenters. The molecule has 0 fully saturated rings. The Morgan fingerprint density at radius 3 is 2.84 bits per heavy atom. The van der Waals surface area contributed by atoms with Gasteiger partial charge in [0.25, 0.3) is 0 Å². The first kappa shape index (κ1) is 13.5. The molecular weight excluding hydrogens is 256 g/mol. The molecule has 1 aromatic heterocycles. The first-order chi connectivity index (χ1) is 9.15. The molecule has 1 aromatic carbocycles. The van der Waals surface area contributed by atoms with Crippen molar-refractivity contribution in [3.05, 3.63) is 41.7 Å². The van der Waals surface area contributed by atoms with Crippen LogP contribution < -0.4 is 4.90 Å². The monoisotopic (exact) mass is 272 g/mol. The Morgan fingerprint density at radius 2 is 2.26 bits per heavy atom. The lowest BCUT2D eigenvalue weighted by Gasteiger charge is -2.20. The zero-order valence-electron chi connectivity index (χ0n) is 11.3. The van der Waals surface area contributed by atoms with Crippen molar-refractivity contribution in [1.82, 2.24) is 9.78 Å². The molecule has 0 bridgehead atoms. The van der Waals surface area contributed by atoms with Gasteiger partial charge in [0.05, 0.1) is 17.4 Å². The normalized spacial score (nSPS) is 10.2. The fraction of sp³-hybridized carbons (Fsp3) is 0.286. The highest BCUT2D eigenvalue weighted by molar-refractivity contribution is 7.98. The van der Waals surface area contributed by atoms with Crippen molar-refractivity contribution in [3.8, 4) is 6.07 Å². The van der Waals surface area contributed by atoms with Crippen LogP contribution in [0.1, 0.15) is 11.1 Å². The van der Waals surface area contributed by atoms with E-state index in [1.54, 1.807) is 16.4 Å². The molecule has 1 heterocycles. The fourth-order valence-corrected chi connectivity index (χ4v) is 2.60. The van der Waals surface area contributed by atoms with Crippen molar-refractivity contribution in [2.45, 2.75) is 11.4 Å². The number of rotatable bonds is 4. The average molecular weight is 272 g/mol. The second-order valence-electron chi connectivity index (χ2n) is 4.34. The van der Waals surface area contributed by atoms with Gasteiger partial charge in [-0.1, -0.05) is 6.07 Å². The van der Waals surface area contributed by atoms with Gasteiger partial charge in [0.2, 0.25) is 0 Å². The largest absolute Gasteiger partial charge is 0.369 e. The Labute approximate surface area is 117 Å². The van der Waals surface area contributed by atoms with Crippen molar-refractivity contribution >= 4 is 17.4 Å². The first-order valence-corrected chi connectivity index (χ1v) is 7.14. The number of aromatic nitrogens is 2. The molecular formula is C14H16N4S. The van der Waals surface area contributed by atoms with E-state index in [-0.39, 0.29) is 0 Å². The smallest absolute Gasteiger partial charge is 0.103 e. The highest BCUT2D eigenvalue weighted by Crippen LogP contribution is 2.29. The molecule has 0 N–H and O–H groups in total. The maximum atomic E-state index is 9.34. The third-order valence-electron chi connectivity index (χ3n) is 2.93. The zero-order chi connectivity index (χ0) is 13.8. The molecule has 0 aliphatic carbocycles. The number of nitrogens with zero attached hydrogens (tertiary/aromatic N) is 4. The van der Waals surface area contributed by atoms with Crippen LogP contribution in [-0.4, -0.2) is 23.1 Å². The molecule has 0 radical (unpaired) electrons. The molecule has 4 nitrogen and oxygen atoms in total. The lowest BCUT2D eigenvalue weighted by atomic mass is 10.1. The summed E-state index contributed by atoms with van der Waals surface area (Å²) in [4.78, 5) is 3.09. The molecule has 0 aliphatic rings. The van der Waals surface area contributed by atoms with Crippen molar-refractivity contribution in [2.24, 2.45) is 7.05 Å². The summed E-state index contributed by atoms with van der Waals surface area (Å²) in [5.41, 5.74) is 2.82. The summed E-state index contributed by atoms with van der Waals surface area (Å²) in [5.74, 6) is 0. The van der Waals surface area contributed by atoms with Gasteiger partial charge in [-0.2, -0.15) is 10.4 Å². The van der Waals surface area contributed by atoms with Gasteiger partial charge in [0, 0.05) is 37.3 Å². The Morgan fingerprint density at radius 1 is 1.47 bits per heavy atom. The van der Waals surface area contributed by atoms with E-state index >= 15 is 0 Å². The van der Waals surface area contributed by atoms with Crippen LogP contribution in [0, 0.1) is 11.3 Å². The van der Waals surface area contributed by atoms with Crippen LogP contribution in [0.15, 0.2) is 35.5 Å². The predicted molar refractivity (Wildman–Crippen MR) is 78.3 cm³/mol. The molecule has 0 saturated heterocycles. The maximum Gasteiger partial charge on any atom is 0.103 e. The van der Waals surface area contributed by atoms with Gasteiger partial charge in [-0.15, -0.1) is 11.8 Å². The minimum absolute atomic E-state index is 0.736. The second-order valence-corrected chi connectivity index (χ2v) is 5.19. The van der Waals surface area contributed by atoms with Crippen molar-refractivity contribution in [1.29, 1.82) is 5.26 Å². The molecule has 0 amide bonds. The van der Waals surface area contributed by atoms with E-state index < -0.39 is 0 Å². The summed E-state index contributed by atoms with van der Waals surface area (Å²) in [6.45, 7) is 0.736. The lowest BCUT2D eigenvalue weighted by molar-refractivity contribution is 0.766. The van der Waals surface area contributed by atoms with Gasteiger partial charge in [-0.05, 0) is 18.4 Å². The standard InChI is InChI=1S/C14H16N4S/c1-17(9-11-8-16-18(2)10-11)13-5-4-6-14(19-3)12(13)7-15/h4-6,8,10H,9H2,1-3H3. The summed E-state index contributed by atoms with van der Waals surface area (Å²) in [6.07, 6.45) is 5.82. The number of anilines is 1. The van der Waals surface area contributed by atoms with E-state index in [1.165, 1.54) is 0 Å². The minimum atomic E-state index is 0.736. The second kappa shape index (κ2) is 5.81. The predicted octanol–water partition coefficient (Wildman–Crippen LogP) is 2.65. The maximum absolute atomic E-state index is 9.34. The first-order valence-electron chi connectivity index (χ1n) is 5.91. The molecule has 0 aliphatic heterocycles. The number of thioether (sulfide) groups is 1. The molecule has 0 spiro atoms. The Bertz CT molecular complexity index is 612. The van der Waals surface area contributed by atoms with Crippen LogP contribution in [0.3, 0.4) is 0 Å². The molecule has 0 atom stereocenters. The van der Waals surface area contributed by atoms with Crippen molar-refractivity contribution in [2.75, 3.05) is 18.2 Å². The number of aryl methyl sites for hydroxylation is 1. The number of hydrogen-bond donors (Lipinski definition) is 0. The zero-order valence-corrected chi connectivity index (χ0v) is 12.1. The third kappa shape index (κ3) is 2.91. The van der Waals surface area contributed by atoms with Crippen LogP contribution in [0.2, 0.25) is 0 Å². The van der Waals surface area contributed by atoms with Crippen LogP contribution >= 0.6 is 11.8 Å². The summed E-state index contributed by atoms with van der Waals surface area (Å²) >= 11 is 1.60. The number of hydrogen-bond acceptors (Lipinski definition) is 4. The van der Waals surface area contributed by atoms with Crippen LogP contribution in [0.5, 0.6) is 0 Å². The summed E-state index contributed by atoms with van der Waals surface area (Å²) in [5, 5.41) is 13.5. The Kier molecular flexibility index (Phi) is 4.13. The van der Waals surface area contributed by atoms with E-state index in [9.17, 15) is 5.26 Å². The number of nitriles is 1. The van der Waals surface area contributed by atoms with E-state index in [0.717, 1.165) is 28.3 Å². The van der Waals surface area contributed by atoms with E-state index in [2.05, 4.69) is 16.1 Å². The third-order valence-corrected chi connectivity index (χ3v) is 3.71. The molecule has 5 heteroatoms. The van der Waals surface area contributed by atoms with Gasteiger partial charge >= 0.3 is 0 Å². The highest BCUT2D eigenvalue weighted by atomic mass is 32.2. The van der Waals surface area contributed by atoms with Gasteiger partial charge in [0.1, 0.15) is 6.07 Å². The topological polar surface area (TPSA) is 44.9 Å². The van der Waals surface area contributed by atoms with E-state index in [1.807, 2.05) is 50.9 Å². The SMILES string of the molecule is CSc1cccc(N(C)Cc2cnn(C)c2)c1C#N. The molecule has 2 aromatic rings. The average Bonchev–Trinajstić information content (AvgIpc) is 2.82. The summed E-state index contributed by atoms with van der Waals surface area (Å²) < 4.78 is 1.78. The molecule has 19 heavy (non-hydrogen) atoms. The van der Waals surface area contributed by atoms with Gasteiger partial charge < -0.3 is 4.90 Å². The molecule has 0 saturated carbocycles. The Hall–Kier alpha value is -1.93. The van der Waals surface area contributed by atoms with Crippen LogP contribution in [0.25, 0.3) is 0 Å². The van der Waals surface area contributed by atoms with Gasteiger partial charge in [-0.3, -0.25) is 4.68 Å². The molecule has 2 rings (SSSR count). The van der Waals surface area contributed by atoms with Crippen molar-refractivity contribution < 1.29 is 0 Å². The van der Waals surface area contributed by atoms with E-state index in [0.29, 0.717) is 0 Å². The fourth-order valence-electron chi connectivity index (χ4n) is 2.03. The quantitative estimate of drug-likeness (QED) is 0.803. The van der Waals surface area contributed by atoms with Gasteiger partial charge in [0.15, 0.2) is 0 Å².